The first-order valence-electron chi connectivity index (χ1n) is 7.72. The molecule has 1 N–H and O–H groups in total. The lowest BCUT2D eigenvalue weighted by Crippen LogP contribution is -2.51. The summed E-state index contributed by atoms with van der Waals surface area (Å²) in [7, 11) is 0. The van der Waals surface area contributed by atoms with Crippen LogP contribution in [0.4, 0.5) is 8.78 Å². The number of aromatic nitrogens is 2. The number of ether oxygens (including phenoxy) is 1. The molecule has 0 spiro atoms. The summed E-state index contributed by atoms with van der Waals surface area (Å²) in [5.41, 5.74) is -2.65. The standard InChI is InChI=1S/C16H14Cl2F2N4O3/c1-9-7-16(26,15(19)20)24(21-9)14(25)11-5-6-23(22-11)8-27-12-4-2-3-10(17)13(12)18/h2-6,15,26H,7-8H2,1H3/t16-/m1/s1. The molecule has 11 heteroatoms. The molecule has 2 aromatic rings. The van der Waals surface area contributed by atoms with E-state index in [1.165, 1.54) is 23.9 Å². The highest BCUT2D eigenvalue weighted by Gasteiger charge is 2.51. The Morgan fingerprint density at radius 3 is 2.85 bits per heavy atom. The molecule has 1 aliphatic heterocycles. The highest BCUT2D eigenvalue weighted by Crippen LogP contribution is 2.33. The highest BCUT2D eigenvalue weighted by molar-refractivity contribution is 6.42. The number of halogens is 4. The number of carbonyl (C=O) groups excluding carboxylic acids is 1. The predicted molar refractivity (Wildman–Crippen MR) is 94.2 cm³/mol. The zero-order chi connectivity index (χ0) is 19.8. The Labute approximate surface area is 162 Å². The van der Waals surface area contributed by atoms with Crippen LogP contribution in [0.3, 0.4) is 0 Å². The molecule has 0 unspecified atom stereocenters. The largest absolute Gasteiger partial charge is 0.470 e. The second kappa shape index (κ2) is 7.41. The average molecular weight is 419 g/mol. The summed E-state index contributed by atoms with van der Waals surface area (Å²) in [5.74, 6) is -0.631. The first-order valence-corrected chi connectivity index (χ1v) is 8.47. The number of amides is 1. The summed E-state index contributed by atoms with van der Waals surface area (Å²) >= 11 is 11.9. The van der Waals surface area contributed by atoms with Crippen molar-refractivity contribution in [3.63, 3.8) is 0 Å². The average Bonchev–Trinajstić information content (AvgIpc) is 3.20. The molecule has 3 rings (SSSR count). The van der Waals surface area contributed by atoms with Crippen molar-refractivity contribution in [2.75, 3.05) is 0 Å². The van der Waals surface area contributed by atoms with Crippen molar-refractivity contribution in [2.45, 2.75) is 32.2 Å². The minimum atomic E-state index is -3.18. The molecule has 1 aliphatic rings. The van der Waals surface area contributed by atoms with Crippen LogP contribution in [-0.4, -0.2) is 43.7 Å². The van der Waals surface area contributed by atoms with Gasteiger partial charge in [0, 0.05) is 18.3 Å². The van der Waals surface area contributed by atoms with Gasteiger partial charge in [0.25, 0.3) is 12.3 Å². The fraction of sp³-hybridized carbons (Fsp3) is 0.312. The smallest absolute Gasteiger partial charge is 0.297 e. The third-order valence-corrected chi connectivity index (χ3v) is 4.63. The van der Waals surface area contributed by atoms with E-state index in [4.69, 9.17) is 27.9 Å². The third-order valence-electron chi connectivity index (χ3n) is 3.82. The molecule has 2 heterocycles. The van der Waals surface area contributed by atoms with Gasteiger partial charge in [-0.15, -0.1) is 0 Å². The quantitative estimate of drug-likeness (QED) is 0.806. The molecule has 7 nitrogen and oxygen atoms in total. The van der Waals surface area contributed by atoms with Crippen LogP contribution in [0.1, 0.15) is 23.8 Å². The van der Waals surface area contributed by atoms with Crippen LogP contribution in [0, 0.1) is 0 Å². The first-order chi connectivity index (χ1) is 12.7. The predicted octanol–water partition coefficient (Wildman–Crippen LogP) is 3.40. The van der Waals surface area contributed by atoms with Gasteiger partial charge in [0.1, 0.15) is 10.8 Å². The number of aliphatic hydroxyl groups is 1. The summed E-state index contributed by atoms with van der Waals surface area (Å²) in [6.07, 6.45) is -2.20. The highest BCUT2D eigenvalue weighted by atomic mass is 35.5. The van der Waals surface area contributed by atoms with Crippen molar-refractivity contribution in [1.29, 1.82) is 0 Å². The summed E-state index contributed by atoms with van der Waals surface area (Å²) in [5, 5.41) is 18.7. The van der Waals surface area contributed by atoms with E-state index in [0.717, 1.165) is 0 Å². The lowest BCUT2D eigenvalue weighted by atomic mass is 10.1. The summed E-state index contributed by atoms with van der Waals surface area (Å²) in [4.78, 5) is 12.5. The van der Waals surface area contributed by atoms with Crippen LogP contribution in [-0.2, 0) is 6.73 Å². The van der Waals surface area contributed by atoms with E-state index >= 15 is 0 Å². The Morgan fingerprint density at radius 1 is 1.41 bits per heavy atom. The van der Waals surface area contributed by atoms with Crippen LogP contribution < -0.4 is 4.74 Å². The summed E-state index contributed by atoms with van der Waals surface area (Å²) in [6.45, 7) is 1.34. The van der Waals surface area contributed by atoms with Gasteiger partial charge in [-0.05, 0) is 25.1 Å². The van der Waals surface area contributed by atoms with Gasteiger partial charge in [0.15, 0.2) is 12.4 Å². The van der Waals surface area contributed by atoms with E-state index in [0.29, 0.717) is 15.8 Å². The van der Waals surface area contributed by atoms with E-state index in [1.54, 1.807) is 18.2 Å². The molecule has 1 aromatic carbocycles. The van der Waals surface area contributed by atoms with Gasteiger partial charge < -0.3 is 9.84 Å². The molecule has 1 amide bonds. The molecular formula is C16H14Cl2F2N4O3. The number of hydrogen-bond donors (Lipinski definition) is 1. The topological polar surface area (TPSA) is 80.0 Å². The molecule has 0 bridgehead atoms. The van der Waals surface area contributed by atoms with Crippen molar-refractivity contribution >= 4 is 34.8 Å². The summed E-state index contributed by atoms with van der Waals surface area (Å²) in [6, 6.07) is 6.17. The monoisotopic (exact) mass is 418 g/mol. The molecule has 0 saturated carbocycles. The Morgan fingerprint density at radius 2 is 2.15 bits per heavy atom. The molecule has 1 aromatic heterocycles. The number of benzene rings is 1. The minimum Gasteiger partial charge on any atom is -0.470 e. The number of nitrogens with zero attached hydrogens (tertiary/aromatic N) is 4. The number of hydrogen-bond acceptors (Lipinski definition) is 5. The fourth-order valence-electron chi connectivity index (χ4n) is 2.52. The maximum absolute atomic E-state index is 13.2. The number of carbonyl (C=O) groups is 1. The molecule has 0 fully saturated rings. The lowest BCUT2D eigenvalue weighted by molar-refractivity contribution is -0.164. The number of rotatable bonds is 5. The zero-order valence-electron chi connectivity index (χ0n) is 13.9. The Bertz CT molecular complexity index is 906. The Balaban J connectivity index is 1.73. The minimum absolute atomic E-state index is 0.102. The fourth-order valence-corrected chi connectivity index (χ4v) is 2.87. The van der Waals surface area contributed by atoms with E-state index in [2.05, 4.69) is 10.2 Å². The normalized spacial score (nSPS) is 19.5. The molecule has 144 valence electrons. The maximum Gasteiger partial charge on any atom is 0.297 e. The van der Waals surface area contributed by atoms with Gasteiger partial charge >= 0.3 is 0 Å². The SMILES string of the molecule is CC1=NN(C(=O)c2ccn(COc3cccc(Cl)c3Cl)n2)[C@](O)(C(F)F)C1. The van der Waals surface area contributed by atoms with Crippen molar-refractivity contribution in [1.82, 2.24) is 14.8 Å². The van der Waals surface area contributed by atoms with Crippen LogP contribution in [0.25, 0.3) is 0 Å². The van der Waals surface area contributed by atoms with Gasteiger partial charge in [0.05, 0.1) is 5.02 Å². The van der Waals surface area contributed by atoms with Crippen molar-refractivity contribution in [3.8, 4) is 5.75 Å². The van der Waals surface area contributed by atoms with E-state index in [1.807, 2.05) is 0 Å². The van der Waals surface area contributed by atoms with Crippen LogP contribution in [0.2, 0.25) is 10.0 Å². The summed E-state index contributed by atoms with van der Waals surface area (Å²) < 4.78 is 33.2. The van der Waals surface area contributed by atoms with Crippen molar-refractivity contribution in [2.24, 2.45) is 5.10 Å². The van der Waals surface area contributed by atoms with Gasteiger partial charge in [0.2, 0.25) is 5.72 Å². The molecule has 0 saturated heterocycles. The number of alkyl halides is 2. The number of hydrazone groups is 1. The van der Waals surface area contributed by atoms with Crippen LogP contribution in [0.15, 0.2) is 35.6 Å². The van der Waals surface area contributed by atoms with Gasteiger partial charge in [-0.25, -0.2) is 13.5 Å². The van der Waals surface area contributed by atoms with Gasteiger partial charge in [-0.2, -0.15) is 15.2 Å². The maximum atomic E-state index is 13.2. The molecule has 0 radical (unpaired) electrons. The lowest BCUT2D eigenvalue weighted by Gasteiger charge is -2.29. The van der Waals surface area contributed by atoms with Gasteiger partial charge in [-0.1, -0.05) is 29.3 Å². The van der Waals surface area contributed by atoms with Crippen LogP contribution in [0.5, 0.6) is 5.75 Å². The van der Waals surface area contributed by atoms with E-state index in [9.17, 15) is 18.7 Å². The van der Waals surface area contributed by atoms with Crippen molar-refractivity contribution in [3.05, 3.63) is 46.2 Å². The second-order valence-corrected chi connectivity index (χ2v) is 6.66. The third kappa shape index (κ3) is 3.76. The van der Waals surface area contributed by atoms with Gasteiger partial charge in [-0.3, -0.25) is 4.79 Å². The first kappa shape index (κ1) is 19.5. The molecule has 1 atom stereocenters. The second-order valence-electron chi connectivity index (χ2n) is 5.87. The zero-order valence-corrected chi connectivity index (χ0v) is 15.5. The molecular weight excluding hydrogens is 405 g/mol. The van der Waals surface area contributed by atoms with Crippen LogP contribution >= 0.6 is 23.2 Å². The Kier molecular flexibility index (Phi) is 5.36. The molecule has 0 aliphatic carbocycles. The van der Waals surface area contributed by atoms with E-state index < -0.39 is 24.5 Å². The van der Waals surface area contributed by atoms with E-state index in [-0.39, 0.29) is 23.2 Å². The van der Waals surface area contributed by atoms with Crippen molar-refractivity contribution < 1.29 is 23.4 Å². The Hall–Kier alpha value is -2.23. The molecule has 27 heavy (non-hydrogen) atoms.